The van der Waals surface area contributed by atoms with Gasteiger partial charge in [-0.25, -0.2) is 9.59 Å². The molecule has 5 heteroatoms. The lowest BCUT2D eigenvalue weighted by Gasteiger charge is -2.15. The first kappa shape index (κ1) is 16.2. The van der Waals surface area contributed by atoms with E-state index in [1.807, 2.05) is 0 Å². The minimum Gasteiger partial charge on any atom is -0.465 e. The minimum absolute atomic E-state index is 0.401. The number of hydrogen-bond acceptors (Lipinski definition) is 5. The number of fused-ring (bicyclic) bond motifs is 2. The van der Waals surface area contributed by atoms with Crippen LogP contribution in [0.15, 0.2) is 36.4 Å². The Labute approximate surface area is 139 Å². The Morgan fingerprint density at radius 3 is 1.67 bits per heavy atom. The van der Waals surface area contributed by atoms with Gasteiger partial charge in [-0.05, 0) is 59.4 Å². The smallest absolute Gasteiger partial charge is 0.337 e. The van der Waals surface area contributed by atoms with Crippen LogP contribution in [0.3, 0.4) is 0 Å². The molecule has 0 fully saturated rings. The van der Waals surface area contributed by atoms with Gasteiger partial charge in [0.1, 0.15) is 6.10 Å². The molecular formula is C19H18O5. The highest BCUT2D eigenvalue weighted by molar-refractivity contribution is 5.90. The molecule has 0 atom stereocenters. The first-order valence-electron chi connectivity index (χ1n) is 7.65. The molecule has 0 heterocycles. The first-order chi connectivity index (χ1) is 11.5. The molecule has 1 aliphatic carbocycles. The molecule has 124 valence electrons. The summed E-state index contributed by atoms with van der Waals surface area (Å²) in [5.41, 5.74) is 4.27. The van der Waals surface area contributed by atoms with E-state index in [0.29, 0.717) is 24.0 Å². The summed E-state index contributed by atoms with van der Waals surface area (Å²) in [4.78, 5) is 23.4. The molecular weight excluding hydrogens is 308 g/mol. The molecule has 24 heavy (non-hydrogen) atoms. The Bertz CT molecular complexity index is 742. The maximum atomic E-state index is 11.7. The highest BCUT2D eigenvalue weighted by atomic mass is 16.5. The Kier molecular flexibility index (Phi) is 4.36. The maximum absolute atomic E-state index is 11.7. The highest BCUT2D eigenvalue weighted by Crippen LogP contribution is 2.33. The van der Waals surface area contributed by atoms with Crippen molar-refractivity contribution >= 4 is 11.9 Å². The van der Waals surface area contributed by atoms with Crippen LogP contribution >= 0.6 is 0 Å². The van der Waals surface area contributed by atoms with Crippen molar-refractivity contribution in [3.63, 3.8) is 0 Å². The van der Waals surface area contributed by atoms with Crippen LogP contribution in [0, 0.1) is 0 Å². The minimum atomic E-state index is -0.795. The lowest BCUT2D eigenvalue weighted by Crippen LogP contribution is -2.07. The number of esters is 2. The predicted octanol–water partition coefficient (Wildman–Crippen LogP) is 2.44. The zero-order chi connectivity index (χ0) is 17.3. The zero-order valence-corrected chi connectivity index (χ0v) is 13.5. The fraction of sp³-hybridized carbons (Fsp3) is 0.263. The molecule has 2 aromatic rings. The molecule has 2 aromatic carbocycles. The summed E-state index contributed by atoms with van der Waals surface area (Å²) in [7, 11) is 2.68. The Morgan fingerprint density at radius 2 is 1.29 bits per heavy atom. The summed E-state index contributed by atoms with van der Waals surface area (Å²) < 4.78 is 9.50. The SMILES string of the molecule is COC(=O)c1ccc2c(c1)CCc1cc(C(=O)OC)ccc1C2O. The van der Waals surface area contributed by atoms with Gasteiger partial charge in [-0.1, -0.05) is 12.1 Å². The van der Waals surface area contributed by atoms with Gasteiger partial charge >= 0.3 is 11.9 Å². The van der Waals surface area contributed by atoms with E-state index < -0.39 is 18.0 Å². The largest absolute Gasteiger partial charge is 0.465 e. The summed E-state index contributed by atoms with van der Waals surface area (Å²) in [5, 5.41) is 10.7. The average molecular weight is 326 g/mol. The second kappa shape index (κ2) is 6.45. The average Bonchev–Trinajstić information content (AvgIpc) is 2.76. The predicted molar refractivity (Wildman–Crippen MR) is 87.0 cm³/mol. The molecule has 0 saturated carbocycles. The van der Waals surface area contributed by atoms with Gasteiger partial charge in [-0.3, -0.25) is 0 Å². The number of aryl methyl sites for hydroxylation is 2. The van der Waals surface area contributed by atoms with Gasteiger partial charge in [-0.15, -0.1) is 0 Å². The molecule has 0 aliphatic heterocycles. The number of ether oxygens (including phenoxy) is 2. The van der Waals surface area contributed by atoms with E-state index in [-0.39, 0.29) is 0 Å². The first-order valence-corrected chi connectivity index (χ1v) is 7.65. The third kappa shape index (κ3) is 2.78. The monoisotopic (exact) mass is 326 g/mol. The van der Waals surface area contributed by atoms with E-state index in [0.717, 1.165) is 22.3 Å². The Hall–Kier alpha value is -2.66. The van der Waals surface area contributed by atoms with E-state index in [1.54, 1.807) is 36.4 Å². The van der Waals surface area contributed by atoms with Crippen molar-refractivity contribution in [2.75, 3.05) is 14.2 Å². The van der Waals surface area contributed by atoms with Gasteiger partial charge < -0.3 is 14.6 Å². The van der Waals surface area contributed by atoms with Crippen LogP contribution in [0.5, 0.6) is 0 Å². The van der Waals surface area contributed by atoms with E-state index in [2.05, 4.69) is 0 Å². The summed E-state index contributed by atoms with van der Waals surface area (Å²) in [6.45, 7) is 0. The van der Waals surface area contributed by atoms with Crippen molar-refractivity contribution in [1.82, 2.24) is 0 Å². The standard InChI is InChI=1S/C19H18O5/c1-23-18(21)13-5-7-15-11(9-13)3-4-12-10-14(19(22)24-2)6-8-16(12)17(15)20/h5-10,17,20H,3-4H2,1-2H3. The molecule has 0 spiro atoms. The number of carbonyl (C=O) groups is 2. The maximum Gasteiger partial charge on any atom is 0.337 e. The second-order valence-electron chi connectivity index (χ2n) is 5.71. The summed E-state index contributed by atoms with van der Waals surface area (Å²) in [6.07, 6.45) is 0.528. The van der Waals surface area contributed by atoms with Crippen molar-refractivity contribution in [2.24, 2.45) is 0 Å². The van der Waals surface area contributed by atoms with Gasteiger partial charge in [0.05, 0.1) is 25.3 Å². The number of aliphatic hydroxyl groups is 1. The van der Waals surface area contributed by atoms with E-state index in [4.69, 9.17) is 9.47 Å². The number of benzene rings is 2. The fourth-order valence-corrected chi connectivity index (χ4v) is 3.10. The van der Waals surface area contributed by atoms with Gasteiger partial charge in [0, 0.05) is 0 Å². The van der Waals surface area contributed by atoms with Crippen LogP contribution in [-0.4, -0.2) is 31.3 Å². The zero-order valence-electron chi connectivity index (χ0n) is 13.5. The highest BCUT2D eigenvalue weighted by Gasteiger charge is 2.23. The molecule has 0 amide bonds. The van der Waals surface area contributed by atoms with Crippen LogP contribution in [0.25, 0.3) is 0 Å². The molecule has 5 nitrogen and oxygen atoms in total. The molecule has 0 bridgehead atoms. The van der Waals surface area contributed by atoms with Crippen molar-refractivity contribution < 1.29 is 24.2 Å². The van der Waals surface area contributed by atoms with Gasteiger partial charge in [0.2, 0.25) is 0 Å². The molecule has 0 saturated heterocycles. The van der Waals surface area contributed by atoms with Crippen LogP contribution in [0.1, 0.15) is 49.1 Å². The normalized spacial score (nSPS) is 13.5. The number of aliphatic hydroxyl groups excluding tert-OH is 1. The quantitative estimate of drug-likeness (QED) is 0.858. The molecule has 0 radical (unpaired) electrons. The number of rotatable bonds is 2. The Balaban J connectivity index is 2.02. The van der Waals surface area contributed by atoms with Crippen LogP contribution < -0.4 is 0 Å². The van der Waals surface area contributed by atoms with Crippen LogP contribution in [0.4, 0.5) is 0 Å². The number of methoxy groups -OCH3 is 2. The Morgan fingerprint density at radius 1 is 0.875 bits per heavy atom. The molecule has 0 unspecified atom stereocenters. The molecule has 3 rings (SSSR count). The topological polar surface area (TPSA) is 72.8 Å². The van der Waals surface area contributed by atoms with Gasteiger partial charge in [0.25, 0.3) is 0 Å². The third-order valence-corrected chi connectivity index (χ3v) is 4.38. The van der Waals surface area contributed by atoms with Crippen LogP contribution in [-0.2, 0) is 22.3 Å². The number of carbonyl (C=O) groups excluding carboxylic acids is 2. The summed E-state index contributed by atoms with van der Waals surface area (Å²) in [6, 6.07) is 10.4. The number of hydrogen-bond donors (Lipinski definition) is 1. The van der Waals surface area contributed by atoms with Gasteiger partial charge in [0.15, 0.2) is 0 Å². The lowest BCUT2D eigenvalue weighted by atomic mass is 9.95. The molecule has 1 N–H and O–H groups in total. The van der Waals surface area contributed by atoms with Crippen LogP contribution in [0.2, 0.25) is 0 Å². The van der Waals surface area contributed by atoms with Crippen molar-refractivity contribution in [1.29, 1.82) is 0 Å². The fourth-order valence-electron chi connectivity index (χ4n) is 3.10. The van der Waals surface area contributed by atoms with Gasteiger partial charge in [-0.2, -0.15) is 0 Å². The second-order valence-corrected chi connectivity index (χ2v) is 5.71. The van der Waals surface area contributed by atoms with E-state index in [9.17, 15) is 14.7 Å². The van der Waals surface area contributed by atoms with Crippen molar-refractivity contribution in [3.8, 4) is 0 Å². The lowest BCUT2D eigenvalue weighted by molar-refractivity contribution is 0.0591. The van der Waals surface area contributed by atoms with E-state index >= 15 is 0 Å². The summed E-state index contributed by atoms with van der Waals surface area (Å²) in [5.74, 6) is -0.802. The molecule has 1 aliphatic rings. The third-order valence-electron chi connectivity index (χ3n) is 4.38. The van der Waals surface area contributed by atoms with E-state index in [1.165, 1.54) is 14.2 Å². The molecule has 0 aromatic heterocycles. The van der Waals surface area contributed by atoms with Crippen molar-refractivity contribution in [3.05, 3.63) is 69.8 Å². The van der Waals surface area contributed by atoms with Crippen molar-refractivity contribution in [2.45, 2.75) is 18.9 Å². The summed E-state index contributed by atoms with van der Waals surface area (Å²) >= 11 is 0.